The highest BCUT2D eigenvalue weighted by Gasteiger charge is 2.36. The summed E-state index contributed by atoms with van der Waals surface area (Å²) in [6, 6.07) is 32.9. The summed E-state index contributed by atoms with van der Waals surface area (Å²) in [5.74, 6) is 1.15. The number of hydrogen-bond acceptors (Lipinski definition) is 1. The fourth-order valence-electron chi connectivity index (χ4n) is 3.63. The van der Waals surface area contributed by atoms with Crippen LogP contribution in [0, 0.1) is 0 Å². The summed E-state index contributed by atoms with van der Waals surface area (Å²) in [5.41, 5.74) is 8.01. The summed E-state index contributed by atoms with van der Waals surface area (Å²) in [7, 11) is 0. The second-order valence-corrected chi connectivity index (χ2v) is 8.20. The van der Waals surface area contributed by atoms with Crippen LogP contribution >= 0.6 is 11.8 Å². The molecule has 140 valence electrons. The standard InChI is InChI=1S/C25H29NS/c26-20-12-1-2-13-21-27-25(22-14-6-3-7-15-22,23-16-8-4-9-17-23)24-18-10-5-11-19-24/h3-11,14-19H,1-2,12-13,20-21,26H2/p+1. The minimum atomic E-state index is -0.171. The van der Waals surface area contributed by atoms with Gasteiger partial charge in [0.15, 0.2) is 0 Å². The van der Waals surface area contributed by atoms with Crippen molar-refractivity contribution in [1.29, 1.82) is 0 Å². The van der Waals surface area contributed by atoms with Gasteiger partial charge in [-0.3, -0.25) is 0 Å². The van der Waals surface area contributed by atoms with Gasteiger partial charge in [-0.25, -0.2) is 0 Å². The molecule has 3 N–H and O–H groups in total. The van der Waals surface area contributed by atoms with Crippen molar-refractivity contribution >= 4 is 11.8 Å². The van der Waals surface area contributed by atoms with Crippen LogP contribution < -0.4 is 5.73 Å². The molecule has 0 aliphatic carbocycles. The Bertz CT molecular complexity index is 675. The van der Waals surface area contributed by atoms with Crippen molar-refractivity contribution in [3.63, 3.8) is 0 Å². The molecule has 0 saturated heterocycles. The van der Waals surface area contributed by atoms with Crippen molar-refractivity contribution < 1.29 is 5.73 Å². The van der Waals surface area contributed by atoms with Crippen molar-refractivity contribution in [1.82, 2.24) is 0 Å². The minimum Gasteiger partial charge on any atom is -0.358 e. The fourth-order valence-corrected chi connectivity index (χ4v) is 5.19. The molecule has 0 aromatic heterocycles. The molecule has 3 rings (SSSR count). The van der Waals surface area contributed by atoms with E-state index in [0.717, 1.165) is 12.3 Å². The lowest BCUT2D eigenvalue weighted by atomic mass is 9.84. The average Bonchev–Trinajstić information content (AvgIpc) is 2.75. The van der Waals surface area contributed by atoms with Crippen LogP contribution in [-0.2, 0) is 4.75 Å². The summed E-state index contributed by atoms with van der Waals surface area (Å²) in [6.45, 7) is 1.05. The number of rotatable bonds is 10. The number of hydrogen-bond donors (Lipinski definition) is 1. The van der Waals surface area contributed by atoms with Crippen LogP contribution in [-0.4, -0.2) is 12.3 Å². The van der Waals surface area contributed by atoms with E-state index in [2.05, 4.69) is 108 Å². The molecule has 3 aromatic carbocycles. The van der Waals surface area contributed by atoms with Crippen molar-refractivity contribution in [2.24, 2.45) is 0 Å². The maximum absolute atomic E-state index is 3.96. The molecule has 0 fully saturated rings. The van der Waals surface area contributed by atoms with Gasteiger partial charge in [0.1, 0.15) is 0 Å². The second-order valence-electron chi connectivity index (χ2n) is 6.90. The van der Waals surface area contributed by atoms with E-state index in [0.29, 0.717) is 0 Å². The smallest absolute Gasteiger partial charge is 0.0906 e. The average molecular weight is 377 g/mol. The monoisotopic (exact) mass is 376 g/mol. The van der Waals surface area contributed by atoms with Gasteiger partial charge in [0.25, 0.3) is 0 Å². The van der Waals surface area contributed by atoms with Crippen LogP contribution in [0.15, 0.2) is 91.0 Å². The highest BCUT2D eigenvalue weighted by atomic mass is 32.2. The Kier molecular flexibility index (Phi) is 7.55. The zero-order valence-electron chi connectivity index (χ0n) is 16.0. The zero-order valence-corrected chi connectivity index (χ0v) is 16.8. The molecule has 3 aromatic rings. The Morgan fingerprint density at radius 2 is 0.963 bits per heavy atom. The molecule has 0 aliphatic rings. The Morgan fingerprint density at radius 1 is 0.556 bits per heavy atom. The first kappa shape index (κ1) is 19.7. The molecule has 0 bridgehead atoms. The van der Waals surface area contributed by atoms with Gasteiger partial charge < -0.3 is 5.73 Å². The van der Waals surface area contributed by atoms with E-state index in [1.54, 1.807) is 0 Å². The third-order valence-corrected chi connectivity index (χ3v) is 6.64. The van der Waals surface area contributed by atoms with Crippen LogP contribution in [0.5, 0.6) is 0 Å². The van der Waals surface area contributed by atoms with Gasteiger partial charge in [-0.15, -0.1) is 11.8 Å². The maximum atomic E-state index is 3.96. The molecule has 0 spiro atoms. The van der Waals surface area contributed by atoms with Crippen LogP contribution in [0.3, 0.4) is 0 Å². The van der Waals surface area contributed by atoms with Gasteiger partial charge in [-0.05, 0) is 41.7 Å². The molecule has 0 unspecified atom stereocenters. The summed E-state index contributed by atoms with van der Waals surface area (Å²) in [4.78, 5) is 0. The third-order valence-electron chi connectivity index (χ3n) is 5.00. The first-order valence-electron chi connectivity index (χ1n) is 9.97. The number of quaternary nitrogens is 1. The molecule has 0 heterocycles. The van der Waals surface area contributed by atoms with E-state index in [-0.39, 0.29) is 4.75 Å². The van der Waals surface area contributed by atoms with E-state index in [9.17, 15) is 0 Å². The Balaban J connectivity index is 1.98. The highest BCUT2D eigenvalue weighted by molar-refractivity contribution is 8.00. The molecule has 0 radical (unpaired) electrons. The predicted octanol–water partition coefficient (Wildman–Crippen LogP) is 5.51. The van der Waals surface area contributed by atoms with Gasteiger partial charge in [-0.1, -0.05) is 97.4 Å². The zero-order chi connectivity index (χ0) is 18.8. The van der Waals surface area contributed by atoms with E-state index >= 15 is 0 Å². The van der Waals surface area contributed by atoms with Gasteiger partial charge >= 0.3 is 0 Å². The van der Waals surface area contributed by atoms with Crippen LogP contribution in [0.2, 0.25) is 0 Å². The highest BCUT2D eigenvalue weighted by Crippen LogP contribution is 2.48. The van der Waals surface area contributed by atoms with Crippen molar-refractivity contribution in [2.75, 3.05) is 12.3 Å². The van der Waals surface area contributed by atoms with Crippen LogP contribution in [0.25, 0.3) is 0 Å². The quantitative estimate of drug-likeness (QED) is 0.366. The molecule has 0 atom stereocenters. The first-order valence-corrected chi connectivity index (χ1v) is 11.0. The first-order chi connectivity index (χ1) is 13.4. The van der Waals surface area contributed by atoms with Gasteiger partial charge in [0, 0.05) is 0 Å². The summed E-state index contributed by atoms with van der Waals surface area (Å²) >= 11 is 2.07. The molecule has 0 amide bonds. The molecular weight excluding hydrogens is 346 g/mol. The fraction of sp³-hybridized carbons (Fsp3) is 0.280. The van der Waals surface area contributed by atoms with Crippen molar-refractivity contribution in [3.8, 4) is 0 Å². The Morgan fingerprint density at radius 3 is 1.37 bits per heavy atom. The van der Waals surface area contributed by atoms with Gasteiger partial charge in [0.2, 0.25) is 0 Å². The third kappa shape index (κ3) is 4.82. The van der Waals surface area contributed by atoms with Crippen LogP contribution in [0.4, 0.5) is 0 Å². The number of unbranched alkanes of at least 4 members (excludes halogenated alkanes) is 3. The Hall–Kier alpha value is -2.03. The summed E-state index contributed by atoms with van der Waals surface area (Å²) in [6.07, 6.45) is 5.07. The topological polar surface area (TPSA) is 27.6 Å². The normalized spacial score (nSPS) is 11.4. The maximum Gasteiger partial charge on any atom is 0.0906 e. The Labute approximate surface area is 168 Å². The number of benzene rings is 3. The summed E-state index contributed by atoms with van der Waals surface area (Å²) < 4.78 is -0.171. The van der Waals surface area contributed by atoms with E-state index in [1.165, 1.54) is 42.4 Å². The molecule has 1 nitrogen and oxygen atoms in total. The molecule has 0 saturated carbocycles. The van der Waals surface area contributed by atoms with E-state index in [4.69, 9.17) is 0 Å². The lowest BCUT2D eigenvalue weighted by molar-refractivity contribution is -0.368. The lowest BCUT2D eigenvalue weighted by Gasteiger charge is -2.35. The van der Waals surface area contributed by atoms with Crippen LogP contribution in [0.1, 0.15) is 42.4 Å². The van der Waals surface area contributed by atoms with Crippen molar-refractivity contribution in [3.05, 3.63) is 108 Å². The van der Waals surface area contributed by atoms with Gasteiger partial charge in [-0.2, -0.15) is 0 Å². The molecule has 0 aliphatic heterocycles. The lowest BCUT2D eigenvalue weighted by Crippen LogP contribution is -2.50. The SMILES string of the molecule is [NH3+]CCCCCCSC(c1ccccc1)(c1ccccc1)c1ccccc1. The van der Waals surface area contributed by atoms with E-state index < -0.39 is 0 Å². The van der Waals surface area contributed by atoms with Crippen molar-refractivity contribution in [2.45, 2.75) is 30.4 Å². The second kappa shape index (κ2) is 10.3. The molecule has 27 heavy (non-hydrogen) atoms. The minimum absolute atomic E-state index is 0.171. The summed E-state index contributed by atoms with van der Waals surface area (Å²) in [5, 5.41) is 0. The van der Waals surface area contributed by atoms with Gasteiger partial charge in [0.05, 0.1) is 11.3 Å². The predicted molar refractivity (Wildman–Crippen MR) is 118 cm³/mol. The number of thioether (sulfide) groups is 1. The molecule has 2 heteroatoms. The largest absolute Gasteiger partial charge is 0.358 e. The molecular formula is C25H30NS+. The van der Waals surface area contributed by atoms with E-state index in [1.807, 2.05) is 0 Å².